The van der Waals surface area contributed by atoms with Crippen LogP contribution >= 0.6 is 11.8 Å². The first kappa shape index (κ1) is 18.5. The van der Waals surface area contributed by atoms with E-state index in [1.54, 1.807) is 34.7 Å². The van der Waals surface area contributed by atoms with E-state index in [9.17, 15) is 18.0 Å². The molecule has 0 radical (unpaired) electrons. The van der Waals surface area contributed by atoms with Gasteiger partial charge in [-0.05, 0) is 30.7 Å². The van der Waals surface area contributed by atoms with Crippen LogP contribution in [0.3, 0.4) is 0 Å². The van der Waals surface area contributed by atoms with Crippen molar-refractivity contribution in [2.75, 3.05) is 0 Å². The van der Waals surface area contributed by atoms with Gasteiger partial charge in [0, 0.05) is 12.3 Å². The number of benzene rings is 2. The summed E-state index contributed by atoms with van der Waals surface area (Å²) >= 11 is 1.15. The highest BCUT2D eigenvalue weighted by molar-refractivity contribution is 7.98. The van der Waals surface area contributed by atoms with Crippen LogP contribution in [0.25, 0.3) is 16.7 Å². The van der Waals surface area contributed by atoms with Crippen LogP contribution in [0, 0.1) is 0 Å². The molecule has 0 spiro atoms. The normalized spacial score (nSPS) is 12.1. The minimum absolute atomic E-state index is 0.0794. The average Bonchev–Trinajstić information content (AvgIpc) is 3.10. The van der Waals surface area contributed by atoms with Gasteiger partial charge in [-0.15, -0.1) is 10.2 Å². The summed E-state index contributed by atoms with van der Waals surface area (Å²) in [5.74, 6) is 0.452. The molecule has 0 amide bonds. The number of alkyl halides is 3. The lowest BCUT2D eigenvalue weighted by Gasteiger charge is -2.12. The van der Waals surface area contributed by atoms with Gasteiger partial charge in [-0.25, -0.2) is 0 Å². The Bertz CT molecular complexity index is 1230. The van der Waals surface area contributed by atoms with Gasteiger partial charge in [-0.1, -0.05) is 42.1 Å². The number of para-hydroxylation sites is 1. The highest BCUT2D eigenvalue weighted by Crippen LogP contribution is 2.34. The highest BCUT2D eigenvalue weighted by atomic mass is 32.2. The summed E-state index contributed by atoms with van der Waals surface area (Å²) < 4.78 is 42.9. The lowest BCUT2D eigenvalue weighted by Crippen LogP contribution is -2.22. The summed E-state index contributed by atoms with van der Waals surface area (Å²) in [5, 5.41) is 9.20. The molecule has 0 aliphatic rings. The Morgan fingerprint density at radius 3 is 2.50 bits per heavy atom. The van der Waals surface area contributed by atoms with Crippen LogP contribution in [0.2, 0.25) is 0 Å². The van der Waals surface area contributed by atoms with Crippen molar-refractivity contribution in [1.82, 2.24) is 19.2 Å². The number of hydrogen-bond donors (Lipinski definition) is 0. The summed E-state index contributed by atoms with van der Waals surface area (Å²) in [4.78, 5) is 12.7. The van der Waals surface area contributed by atoms with E-state index in [0.29, 0.717) is 28.4 Å². The molecule has 144 valence electrons. The molecule has 0 saturated carbocycles. The Hall–Kier alpha value is -2.81. The first-order valence-corrected chi connectivity index (χ1v) is 9.55. The predicted octanol–water partition coefficient (Wildman–Crippen LogP) is 4.38. The first-order chi connectivity index (χ1) is 13.4. The lowest BCUT2D eigenvalue weighted by atomic mass is 10.1. The van der Waals surface area contributed by atoms with E-state index in [0.717, 1.165) is 17.8 Å². The Morgan fingerprint density at radius 1 is 1.04 bits per heavy atom. The van der Waals surface area contributed by atoms with Gasteiger partial charge in [0.25, 0.3) is 5.56 Å². The number of thioether (sulfide) groups is 1. The molecule has 0 aliphatic heterocycles. The molecule has 5 nitrogen and oxygen atoms in total. The Kier molecular flexibility index (Phi) is 4.62. The summed E-state index contributed by atoms with van der Waals surface area (Å²) in [6.45, 7) is 2.24. The fraction of sp³-hybridized carbons (Fsp3) is 0.211. The zero-order valence-electron chi connectivity index (χ0n) is 14.8. The molecule has 0 atom stereocenters. The molecule has 2 aromatic carbocycles. The fourth-order valence-corrected chi connectivity index (χ4v) is 4.12. The van der Waals surface area contributed by atoms with E-state index < -0.39 is 11.7 Å². The summed E-state index contributed by atoms with van der Waals surface area (Å²) in [7, 11) is 0. The molecular weight excluding hydrogens is 389 g/mol. The standard InChI is InChI=1S/C19H15F3N4OS/c1-2-25-16(27)13-8-4-6-10-15(13)26-17(25)23-24-18(26)28-11-12-7-3-5-9-14(12)19(20,21)22/h3-10H,2,11H2,1H3. The second-order valence-corrected chi connectivity index (χ2v) is 7.07. The summed E-state index contributed by atoms with van der Waals surface area (Å²) in [5.41, 5.74) is -0.0303. The molecular formula is C19H15F3N4OS. The van der Waals surface area contributed by atoms with Crippen molar-refractivity contribution in [1.29, 1.82) is 0 Å². The third kappa shape index (κ3) is 3.05. The molecule has 0 N–H and O–H groups in total. The molecule has 0 unspecified atom stereocenters. The summed E-state index contributed by atoms with van der Waals surface area (Å²) in [6, 6.07) is 12.5. The molecule has 28 heavy (non-hydrogen) atoms. The fourth-order valence-electron chi connectivity index (χ4n) is 3.18. The molecule has 4 aromatic rings. The van der Waals surface area contributed by atoms with Crippen molar-refractivity contribution in [3.8, 4) is 0 Å². The van der Waals surface area contributed by atoms with E-state index in [2.05, 4.69) is 10.2 Å². The number of aromatic nitrogens is 4. The molecule has 0 fully saturated rings. The Labute approximate surface area is 161 Å². The van der Waals surface area contributed by atoms with Gasteiger partial charge in [-0.3, -0.25) is 13.8 Å². The van der Waals surface area contributed by atoms with Gasteiger partial charge >= 0.3 is 6.18 Å². The topological polar surface area (TPSA) is 52.2 Å². The van der Waals surface area contributed by atoms with Gasteiger partial charge in [0.2, 0.25) is 5.78 Å². The number of rotatable bonds is 4. The highest BCUT2D eigenvalue weighted by Gasteiger charge is 2.32. The van der Waals surface area contributed by atoms with Crippen LogP contribution in [-0.2, 0) is 18.5 Å². The van der Waals surface area contributed by atoms with Crippen LogP contribution in [0.4, 0.5) is 13.2 Å². The molecule has 9 heteroatoms. The first-order valence-electron chi connectivity index (χ1n) is 8.56. The van der Waals surface area contributed by atoms with Crippen molar-refractivity contribution in [3.05, 3.63) is 70.0 Å². The molecule has 0 saturated heterocycles. The van der Waals surface area contributed by atoms with Crippen LogP contribution in [0.15, 0.2) is 58.5 Å². The number of halogens is 3. The third-order valence-corrected chi connectivity index (χ3v) is 5.45. The predicted molar refractivity (Wildman–Crippen MR) is 101 cm³/mol. The molecule has 0 aliphatic carbocycles. The number of hydrogen-bond acceptors (Lipinski definition) is 4. The maximum atomic E-state index is 13.2. The molecule has 0 bridgehead atoms. The van der Waals surface area contributed by atoms with Crippen molar-refractivity contribution >= 4 is 28.4 Å². The minimum atomic E-state index is -4.42. The Balaban J connectivity index is 1.82. The van der Waals surface area contributed by atoms with E-state index >= 15 is 0 Å². The second-order valence-electron chi connectivity index (χ2n) is 6.13. The maximum Gasteiger partial charge on any atom is 0.416 e. The molecule has 2 heterocycles. The van der Waals surface area contributed by atoms with Gasteiger partial charge < -0.3 is 0 Å². The van der Waals surface area contributed by atoms with E-state index in [4.69, 9.17) is 0 Å². The second kappa shape index (κ2) is 6.97. The van der Waals surface area contributed by atoms with Crippen LogP contribution in [0.5, 0.6) is 0 Å². The van der Waals surface area contributed by atoms with E-state index in [1.165, 1.54) is 16.7 Å². The number of nitrogens with zero attached hydrogens (tertiary/aromatic N) is 4. The quantitative estimate of drug-likeness (QED) is 0.474. The van der Waals surface area contributed by atoms with Gasteiger partial charge in [0.15, 0.2) is 5.16 Å². The number of fused-ring (bicyclic) bond motifs is 3. The van der Waals surface area contributed by atoms with Crippen molar-refractivity contribution in [2.24, 2.45) is 0 Å². The van der Waals surface area contributed by atoms with Gasteiger partial charge in [0.05, 0.1) is 16.5 Å². The van der Waals surface area contributed by atoms with Crippen LogP contribution < -0.4 is 5.56 Å². The Morgan fingerprint density at radius 2 is 1.75 bits per heavy atom. The van der Waals surface area contributed by atoms with E-state index in [-0.39, 0.29) is 16.9 Å². The van der Waals surface area contributed by atoms with Gasteiger partial charge in [0.1, 0.15) is 0 Å². The van der Waals surface area contributed by atoms with Crippen molar-refractivity contribution in [2.45, 2.75) is 30.6 Å². The van der Waals surface area contributed by atoms with Crippen LogP contribution in [-0.4, -0.2) is 19.2 Å². The summed E-state index contributed by atoms with van der Waals surface area (Å²) in [6.07, 6.45) is -4.42. The zero-order valence-corrected chi connectivity index (χ0v) is 15.6. The SMILES string of the molecule is CCn1c(=O)c2ccccc2n2c(SCc3ccccc3C(F)(F)F)nnc12. The monoisotopic (exact) mass is 404 g/mol. The lowest BCUT2D eigenvalue weighted by molar-refractivity contribution is -0.138. The van der Waals surface area contributed by atoms with Crippen LogP contribution in [0.1, 0.15) is 18.1 Å². The largest absolute Gasteiger partial charge is 0.416 e. The van der Waals surface area contributed by atoms with Gasteiger partial charge in [-0.2, -0.15) is 13.2 Å². The molecule has 4 rings (SSSR count). The average molecular weight is 404 g/mol. The minimum Gasteiger partial charge on any atom is -0.277 e. The van der Waals surface area contributed by atoms with Crippen molar-refractivity contribution < 1.29 is 13.2 Å². The van der Waals surface area contributed by atoms with Crippen molar-refractivity contribution in [3.63, 3.8) is 0 Å². The smallest absolute Gasteiger partial charge is 0.277 e. The maximum absolute atomic E-state index is 13.2. The number of aryl methyl sites for hydroxylation is 1. The molecule has 2 aromatic heterocycles. The zero-order chi connectivity index (χ0) is 19.9. The third-order valence-electron chi connectivity index (χ3n) is 4.47. The van der Waals surface area contributed by atoms with E-state index in [1.807, 2.05) is 6.92 Å².